The zero-order valence-corrected chi connectivity index (χ0v) is 19.5. The topological polar surface area (TPSA) is 0 Å². The molecule has 0 aromatic heterocycles. The highest BCUT2D eigenvalue weighted by molar-refractivity contribution is 5.63. The lowest BCUT2D eigenvalue weighted by Gasteiger charge is -1.98. The summed E-state index contributed by atoms with van der Waals surface area (Å²) in [5.41, 5.74) is 6.81. The van der Waals surface area contributed by atoms with Crippen LogP contribution >= 0.6 is 0 Å². The van der Waals surface area contributed by atoms with E-state index >= 15 is 0 Å². The molecule has 0 bridgehead atoms. The zero-order chi connectivity index (χ0) is 25.0. The first kappa shape index (κ1) is 23.6. The maximum Gasteiger partial charge on any atom is 0.0405 e. The molecule has 4 aromatic carbocycles. The highest BCUT2D eigenvalue weighted by Gasteiger charge is 1.98. The molecular formula is C36H20. The summed E-state index contributed by atoms with van der Waals surface area (Å²) in [5.74, 6) is 24.5. The van der Waals surface area contributed by atoms with Crippen LogP contribution in [0.15, 0.2) is 103 Å². The van der Waals surface area contributed by atoms with Crippen LogP contribution in [-0.2, 0) is 0 Å². The van der Waals surface area contributed by atoms with Gasteiger partial charge in [-0.1, -0.05) is 102 Å². The standard InChI is InChI=1S/C36H20/c1-3-29-15-5-7-21-33(29)25-27-35-23-13-11-19-31(35)17-9-10-18-32-20-12-14-24-36(32)28-26-34-22-8-6-16-30(34)4-2/h1-2,5-9,11-17,19-24H/b17-9+. The Balaban J connectivity index is 1.57. The van der Waals surface area contributed by atoms with Crippen LogP contribution in [0.2, 0.25) is 0 Å². The first-order chi connectivity index (χ1) is 17.8. The van der Waals surface area contributed by atoms with E-state index in [0.29, 0.717) is 0 Å². The predicted molar refractivity (Wildman–Crippen MR) is 150 cm³/mol. The normalized spacial score (nSPS) is 9.39. The summed E-state index contributed by atoms with van der Waals surface area (Å²) in [7, 11) is 0. The first-order valence-electron chi connectivity index (χ1n) is 11.3. The van der Waals surface area contributed by atoms with Crippen molar-refractivity contribution in [3.05, 3.63) is 148 Å². The van der Waals surface area contributed by atoms with Crippen LogP contribution in [0.3, 0.4) is 0 Å². The minimum absolute atomic E-state index is 0.779. The molecule has 0 radical (unpaired) electrons. The van der Waals surface area contributed by atoms with Crippen molar-refractivity contribution >= 4 is 6.08 Å². The van der Waals surface area contributed by atoms with Gasteiger partial charge in [-0.3, -0.25) is 0 Å². The van der Waals surface area contributed by atoms with Gasteiger partial charge in [-0.2, -0.15) is 0 Å². The molecule has 4 rings (SSSR count). The van der Waals surface area contributed by atoms with Crippen LogP contribution in [0.25, 0.3) is 6.08 Å². The summed E-state index contributed by atoms with van der Waals surface area (Å²) < 4.78 is 0. The van der Waals surface area contributed by atoms with Crippen LogP contribution in [0.5, 0.6) is 0 Å². The van der Waals surface area contributed by atoms with Crippen molar-refractivity contribution in [2.24, 2.45) is 0 Å². The molecule has 0 aliphatic rings. The molecule has 4 aromatic rings. The Morgan fingerprint density at radius 2 is 0.778 bits per heavy atom. The molecule has 0 atom stereocenters. The molecule has 0 aliphatic heterocycles. The average Bonchev–Trinajstić information content (AvgIpc) is 2.94. The highest BCUT2D eigenvalue weighted by Crippen LogP contribution is 2.12. The van der Waals surface area contributed by atoms with Crippen molar-refractivity contribution in [3.8, 4) is 60.2 Å². The number of rotatable bonds is 1. The summed E-state index contributed by atoms with van der Waals surface area (Å²) in [6.07, 6.45) is 15.0. The Morgan fingerprint density at radius 1 is 0.417 bits per heavy atom. The fraction of sp³-hybridized carbons (Fsp3) is 0. The van der Waals surface area contributed by atoms with Crippen LogP contribution in [0.1, 0.15) is 44.5 Å². The minimum atomic E-state index is 0.779. The fourth-order valence-corrected chi connectivity index (χ4v) is 3.41. The van der Waals surface area contributed by atoms with Crippen LogP contribution in [-0.4, -0.2) is 0 Å². The molecule has 0 saturated carbocycles. The number of hydrogen-bond donors (Lipinski definition) is 0. The molecule has 0 nitrogen and oxygen atoms in total. The van der Waals surface area contributed by atoms with Crippen LogP contribution in [0, 0.1) is 60.2 Å². The van der Waals surface area contributed by atoms with Gasteiger partial charge >= 0.3 is 0 Å². The molecule has 0 heterocycles. The Bertz CT molecular complexity index is 1710. The summed E-state index contributed by atoms with van der Waals surface area (Å²) in [4.78, 5) is 0. The SMILES string of the molecule is C#Cc1ccccc1C#Cc1ccccc1C#C/C=C/c1ccccc1C#Cc1ccccc1C#C. The smallest absolute Gasteiger partial charge is 0.0405 e. The van der Waals surface area contributed by atoms with Gasteiger partial charge in [-0.05, 0) is 60.2 Å². The quantitative estimate of drug-likeness (QED) is 0.289. The average molecular weight is 453 g/mol. The lowest BCUT2D eigenvalue weighted by molar-refractivity contribution is 1.57. The molecule has 0 saturated heterocycles. The van der Waals surface area contributed by atoms with Gasteiger partial charge in [0.15, 0.2) is 0 Å². The van der Waals surface area contributed by atoms with Crippen molar-refractivity contribution < 1.29 is 0 Å². The third kappa shape index (κ3) is 6.05. The third-order valence-corrected chi connectivity index (χ3v) is 5.27. The maximum atomic E-state index is 5.59. The van der Waals surface area contributed by atoms with E-state index in [1.54, 1.807) is 0 Å². The lowest BCUT2D eigenvalue weighted by atomic mass is 10.0. The Labute approximate surface area is 213 Å². The molecule has 164 valence electrons. The number of hydrogen-bond acceptors (Lipinski definition) is 0. The molecule has 0 spiro atoms. The molecule has 0 unspecified atom stereocenters. The van der Waals surface area contributed by atoms with Gasteiger partial charge in [0.05, 0.1) is 0 Å². The van der Waals surface area contributed by atoms with E-state index in [0.717, 1.165) is 44.5 Å². The molecule has 36 heavy (non-hydrogen) atoms. The van der Waals surface area contributed by atoms with Gasteiger partial charge in [-0.15, -0.1) is 12.8 Å². The van der Waals surface area contributed by atoms with Crippen molar-refractivity contribution in [3.63, 3.8) is 0 Å². The molecule has 0 fully saturated rings. The van der Waals surface area contributed by atoms with Gasteiger partial charge in [-0.25, -0.2) is 0 Å². The van der Waals surface area contributed by atoms with Gasteiger partial charge in [0.2, 0.25) is 0 Å². The predicted octanol–water partition coefficient (Wildman–Crippen LogP) is 6.51. The van der Waals surface area contributed by atoms with E-state index in [-0.39, 0.29) is 0 Å². The molecule has 0 heteroatoms. The Morgan fingerprint density at radius 3 is 1.28 bits per heavy atom. The van der Waals surface area contributed by atoms with Gasteiger partial charge in [0, 0.05) is 38.9 Å². The summed E-state index contributed by atoms with van der Waals surface area (Å²) in [6, 6.07) is 31.1. The summed E-state index contributed by atoms with van der Waals surface area (Å²) in [6.45, 7) is 0. The van der Waals surface area contributed by atoms with Crippen molar-refractivity contribution in [2.45, 2.75) is 0 Å². The minimum Gasteiger partial charge on any atom is -0.115 e. The van der Waals surface area contributed by atoms with E-state index in [4.69, 9.17) is 12.8 Å². The van der Waals surface area contributed by atoms with Crippen LogP contribution < -0.4 is 0 Å². The monoisotopic (exact) mass is 452 g/mol. The lowest BCUT2D eigenvalue weighted by Crippen LogP contribution is -1.85. The van der Waals surface area contributed by atoms with E-state index in [9.17, 15) is 0 Å². The second kappa shape index (κ2) is 12.0. The second-order valence-electron chi connectivity index (χ2n) is 7.62. The first-order valence-corrected chi connectivity index (χ1v) is 11.3. The number of terminal acetylenes is 2. The van der Waals surface area contributed by atoms with E-state index < -0.39 is 0 Å². The Kier molecular flexibility index (Phi) is 7.89. The summed E-state index contributed by atoms with van der Waals surface area (Å²) >= 11 is 0. The van der Waals surface area contributed by atoms with E-state index in [1.807, 2.05) is 109 Å². The third-order valence-electron chi connectivity index (χ3n) is 5.27. The molecule has 0 aliphatic carbocycles. The van der Waals surface area contributed by atoms with Crippen LogP contribution in [0.4, 0.5) is 0 Å². The van der Waals surface area contributed by atoms with E-state index in [2.05, 4.69) is 47.4 Å². The van der Waals surface area contributed by atoms with Gasteiger partial charge < -0.3 is 0 Å². The number of allylic oxidation sites excluding steroid dienone is 1. The van der Waals surface area contributed by atoms with E-state index in [1.165, 1.54) is 0 Å². The maximum absolute atomic E-state index is 5.59. The molecule has 0 amide bonds. The number of benzene rings is 4. The van der Waals surface area contributed by atoms with Gasteiger partial charge in [0.25, 0.3) is 0 Å². The van der Waals surface area contributed by atoms with Crippen molar-refractivity contribution in [1.82, 2.24) is 0 Å². The zero-order valence-electron chi connectivity index (χ0n) is 19.5. The summed E-state index contributed by atoms with van der Waals surface area (Å²) in [5, 5.41) is 0. The molecular weight excluding hydrogens is 432 g/mol. The highest BCUT2D eigenvalue weighted by atomic mass is 14.0. The fourth-order valence-electron chi connectivity index (χ4n) is 3.41. The molecule has 0 N–H and O–H groups in total. The van der Waals surface area contributed by atoms with Crippen molar-refractivity contribution in [1.29, 1.82) is 0 Å². The largest absolute Gasteiger partial charge is 0.115 e. The Hall–Kier alpha value is -5.58. The second-order valence-corrected chi connectivity index (χ2v) is 7.62. The van der Waals surface area contributed by atoms with Crippen molar-refractivity contribution in [2.75, 3.05) is 0 Å². The van der Waals surface area contributed by atoms with Gasteiger partial charge in [0.1, 0.15) is 0 Å².